The lowest BCUT2D eigenvalue weighted by Crippen LogP contribution is -2.45. The highest BCUT2D eigenvalue weighted by Gasteiger charge is 2.18. The molecule has 0 atom stereocenters. The van der Waals surface area contributed by atoms with Crippen molar-refractivity contribution in [2.24, 2.45) is 10.9 Å². The molecule has 3 rings (SSSR count). The van der Waals surface area contributed by atoms with Crippen LogP contribution in [0.4, 0.5) is 0 Å². The van der Waals surface area contributed by atoms with Crippen molar-refractivity contribution in [2.45, 2.75) is 39.8 Å². The summed E-state index contributed by atoms with van der Waals surface area (Å²) in [7, 11) is 0. The van der Waals surface area contributed by atoms with Crippen LogP contribution in [0.1, 0.15) is 37.8 Å². The molecule has 2 heterocycles. The fourth-order valence-electron chi connectivity index (χ4n) is 3.15. The maximum absolute atomic E-state index is 4.85. The van der Waals surface area contributed by atoms with Crippen LogP contribution in [0.15, 0.2) is 48.0 Å². The maximum Gasteiger partial charge on any atom is 0.194 e. The van der Waals surface area contributed by atoms with E-state index >= 15 is 0 Å². The molecular weight excluding hydrogens is 310 g/mol. The van der Waals surface area contributed by atoms with Crippen molar-refractivity contribution in [1.82, 2.24) is 19.8 Å². The minimum atomic E-state index is 0.722. The van der Waals surface area contributed by atoms with Crippen molar-refractivity contribution in [1.29, 1.82) is 0 Å². The topological polar surface area (TPSA) is 45.5 Å². The number of benzene rings is 1. The molecule has 0 unspecified atom stereocenters. The van der Waals surface area contributed by atoms with Gasteiger partial charge in [-0.1, -0.05) is 31.2 Å². The highest BCUT2D eigenvalue weighted by Crippen LogP contribution is 2.16. The van der Waals surface area contributed by atoms with Crippen LogP contribution in [0.5, 0.6) is 0 Å². The zero-order valence-electron chi connectivity index (χ0n) is 15.4. The van der Waals surface area contributed by atoms with Gasteiger partial charge >= 0.3 is 0 Å². The van der Waals surface area contributed by atoms with Gasteiger partial charge in [-0.2, -0.15) is 0 Å². The van der Waals surface area contributed by atoms with Crippen LogP contribution in [0.25, 0.3) is 0 Å². The molecule has 5 heteroatoms. The minimum Gasteiger partial charge on any atom is -0.357 e. The Morgan fingerprint density at radius 2 is 1.92 bits per heavy atom. The van der Waals surface area contributed by atoms with Crippen molar-refractivity contribution in [3.63, 3.8) is 0 Å². The number of rotatable bonds is 5. The molecule has 1 fully saturated rings. The van der Waals surface area contributed by atoms with E-state index in [1.165, 1.54) is 24.0 Å². The first-order valence-corrected chi connectivity index (χ1v) is 9.31. The number of nitrogens with one attached hydrogen (secondary N) is 1. The van der Waals surface area contributed by atoms with E-state index in [0.29, 0.717) is 0 Å². The quantitative estimate of drug-likeness (QED) is 0.672. The Hall–Kier alpha value is -2.30. The molecule has 1 aliphatic rings. The maximum atomic E-state index is 4.85. The molecule has 5 nitrogen and oxygen atoms in total. The molecular formula is C20H29N5. The first-order chi connectivity index (χ1) is 12.2. The molecule has 0 aliphatic carbocycles. The highest BCUT2D eigenvalue weighted by molar-refractivity contribution is 5.80. The summed E-state index contributed by atoms with van der Waals surface area (Å²) in [5.41, 5.74) is 2.53. The molecule has 1 aliphatic heterocycles. The van der Waals surface area contributed by atoms with Gasteiger partial charge in [-0.15, -0.1) is 0 Å². The number of imidazole rings is 1. The van der Waals surface area contributed by atoms with E-state index in [9.17, 15) is 0 Å². The number of guanidine groups is 1. The highest BCUT2D eigenvalue weighted by atomic mass is 15.3. The Bertz CT molecular complexity index is 652. The van der Waals surface area contributed by atoms with Gasteiger partial charge in [0.15, 0.2) is 5.96 Å². The van der Waals surface area contributed by atoms with E-state index in [4.69, 9.17) is 4.99 Å². The van der Waals surface area contributed by atoms with Crippen LogP contribution in [-0.4, -0.2) is 40.0 Å². The Morgan fingerprint density at radius 1 is 1.20 bits per heavy atom. The number of hydrogen-bond donors (Lipinski definition) is 1. The van der Waals surface area contributed by atoms with Crippen molar-refractivity contribution in [3.8, 4) is 0 Å². The smallest absolute Gasteiger partial charge is 0.194 e. The summed E-state index contributed by atoms with van der Waals surface area (Å²) in [6.45, 7) is 9.18. The summed E-state index contributed by atoms with van der Waals surface area (Å²) in [6, 6.07) is 8.72. The normalized spacial score (nSPS) is 16.2. The molecule has 1 aromatic carbocycles. The van der Waals surface area contributed by atoms with Gasteiger partial charge in [-0.25, -0.2) is 9.98 Å². The van der Waals surface area contributed by atoms with Crippen molar-refractivity contribution in [2.75, 3.05) is 19.6 Å². The molecule has 134 valence electrons. The monoisotopic (exact) mass is 339 g/mol. The average molecular weight is 339 g/mol. The van der Waals surface area contributed by atoms with E-state index in [1.54, 1.807) is 0 Å². The van der Waals surface area contributed by atoms with Crippen LogP contribution in [0, 0.1) is 5.92 Å². The van der Waals surface area contributed by atoms with E-state index in [0.717, 1.165) is 44.6 Å². The van der Waals surface area contributed by atoms with Crippen molar-refractivity contribution >= 4 is 5.96 Å². The Morgan fingerprint density at radius 3 is 2.56 bits per heavy atom. The lowest BCUT2D eigenvalue weighted by atomic mass is 10.00. The molecule has 2 aromatic rings. The molecule has 0 radical (unpaired) electrons. The van der Waals surface area contributed by atoms with Crippen LogP contribution >= 0.6 is 0 Å². The number of aliphatic imine (C=N–C) groups is 1. The van der Waals surface area contributed by atoms with Gasteiger partial charge in [0.2, 0.25) is 0 Å². The number of aromatic nitrogens is 2. The second-order valence-electron chi connectivity index (χ2n) is 6.89. The third kappa shape index (κ3) is 5.08. The third-order valence-electron chi connectivity index (χ3n) is 4.78. The standard InChI is InChI=1S/C20H29N5/c1-3-22-20(25-11-8-17(2)9-12-25)23-14-18-4-6-19(7-5-18)15-24-13-10-21-16-24/h4-7,10,13,16-17H,3,8-9,11-12,14-15H2,1-2H3,(H,22,23). The summed E-state index contributed by atoms with van der Waals surface area (Å²) in [5.74, 6) is 1.89. The largest absolute Gasteiger partial charge is 0.357 e. The van der Waals surface area contributed by atoms with Crippen LogP contribution in [0.2, 0.25) is 0 Å². The minimum absolute atomic E-state index is 0.722. The van der Waals surface area contributed by atoms with Gasteiger partial charge < -0.3 is 14.8 Å². The van der Waals surface area contributed by atoms with Crippen LogP contribution in [0.3, 0.4) is 0 Å². The first-order valence-electron chi connectivity index (χ1n) is 9.31. The SMILES string of the molecule is CCNC(=NCc1ccc(Cn2ccnc2)cc1)N1CCC(C)CC1. The molecule has 0 spiro atoms. The fourth-order valence-corrected chi connectivity index (χ4v) is 3.15. The second kappa shape index (κ2) is 8.70. The summed E-state index contributed by atoms with van der Waals surface area (Å²) >= 11 is 0. The van der Waals surface area contributed by atoms with Crippen LogP contribution < -0.4 is 5.32 Å². The van der Waals surface area contributed by atoms with Gasteiger partial charge in [-0.3, -0.25) is 0 Å². The zero-order valence-corrected chi connectivity index (χ0v) is 15.4. The molecule has 1 saturated heterocycles. The Balaban J connectivity index is 1.60. The lowest BCUT2D eigenvalue weighted by molar-refractivity contribution is 0.273. The van der Waals surface area contributed by atoms with Gasteiger partial charge in [0.1, 0.15) is 0 Å². The van der Waals surface area contributed by atoms with Crippen molar-refractivity contribution < 1.29 is 0 Å². The lowest BCUT2D eigenvalue weighted by Gasteiger charge is -2.33. The molecule has 0 saturated carbocycles. The molecule has 1 N–H and O–H groups in total. The molecule has 0 amide bonds. The van der Waals surface area contributed by atoms with Gasteiger partial charge in [0, 0.05) is 38.6 Å². The molecule has 0 bridgehead atoms. The van der Waals surface area contributed by atoms with E-state index in [-0.39, 0.29) is 0 Å². The average Bonchev–Trinajstić information content (AvgIpc) is 3.14. The number of nitrogens with zero attached hydrogens (tertiary/aromatic N) is 4. The van der Waals surface area contributed by atoms with Crippen molar-refractivity contribution in [3.05, 3.63) is 54.1 Å². The predicted octanol–water partition coefficient (Wildman–Crippen LogP) is 3.13. The summed E-state index contributed by atoms with van der Waals surface area (Å²) in [5, 5.41) is 3.44. The van der Waals surface area contributed by atoms with E-state index in [1.807, 2.05) is 18.7 Å². The Labute approximate surface area is 150 Å². The van der Waals surface area contributed by atoms with Crippen LogP contribution in [-0.2, 0) is 13.1 Å². The molecule has 1 aromatic heterocycles. The number of piperidine rings is 1. The predicted molar refractivity (Wildman–Crippen MR) is 103 cm³/mol. The van der Waals surface area contributed by atoms with E-state index in [2.05, 4.69) is 57.9 Å². The third-order valence-corrected chi connectivity index (χ3v) is 4.78. The zero-order chi connectivity index (χ0) is 17.5. The first kappa shape index (κ1) is 17.5. The second-order valence-corrected chi connectivity index (χ2v) is 6.89. The number of likely N-dealkylation sites (tertiary alicyclic amines) is 1. The Kier molecular flexibility index (Phi) is 6.09. The summed E-state index contributed by atoms with van der Waals surface area (Å²) < 4.78 is 2.08. The summed E-state index contributed by atoms with van der Waals surface area (Å²) in [4.78, 5) is 11.3. The summed E-state index contributed by atoms with van der Waals surface area (Å²) in [6.07, 6.45) is 8.16. The van der Waals surface area contributed by atoms with E-state index < -0.39 is 0 Å². The van der Waals surface area contributed by atoms with Gasteiger partial charge in [0.05, 0.1) is 12.9 Å². The van der Waals surface area contributed by atoms with Gasteiger partial charge in [0.25, 0.3) is 0 Å². The molecule has 25 heavy (non-hydrogen) atoms. The fraction of sp³-hybridized carbons (Fsp3) is 0.500. The number of hydrogen-bond acceptors (Lipinski definition) is 2. The van der Waals surface area contributed by atoms with Gasteiger partial charge in [-0.05, 0) is 36.8 Å².